The fourth-order valence-corrected chi connectivity index (χ4v) is 5.00. The van der Waals surface area contributed by atoms with Crippen LogP contribution >= 0.6 is 0 Å². The zero-order chi connectivity index (χ0) is 25.9. The van der Waals surface area contributed by atoms with E-state index in [0.717, 1.165) is 55.9 Å². The monoisotopic (exact) mass is 501 g/mol. The number of carbonyl (C=O) groups excluding carboxylic acids is 1. The Morgan fingerprint density at radius 1 is 0.973 bits per heavy atom. The fourth-order valence-electron chi connectivity index (χ4n) is 5.00. The predicted octanol–water partition coefficient (Wildman–Crippen LogP) is 5.70. The Kier molecular flexibility index (Phi) is 9.83. The van der Waals surface area contributed by atoms with Gasteiger partial charge in [-0.25, -0.2) is 4.79 Å². The molecule has 6 nitrogen and oxygen atoms in total. The highest BCUT2D eigenvalue weighted by atomic mass is 16.5. The summed E-state index contributed by atoms with van der Waals surface area (Å²) in [7, 11) is 3.56. The number of amides is 1. The second-order valence-corrected chi connectivity index (χ2v) is 9.61. The average molecular weight is 502 g/mol. The minimum atomic E-state index is -0.429. The molecule has 0 radical (unpaired) electrons. The molecule has 0 aromatic heterocycles. The molecule has 3 aromatic carbocycles. The molecule has 1 N–H and O–H groups in total. The van der Waals surface area contributed by atoms with Crippen LogP contribution in [0.5, 0.6) is 5.75 Å². The van der Waals surface area contributed by atoms with E-state index >= 15 is 0 Å². The van der Waals surface area contributed by atoms with Crippen LogP contribution in [0.4, 0.5) is 10.5 Å². The number of likely N-dealkylation sites (tertiary alicyclic amines) is 1. The molecule has 1 aliphatic heterocycles. The van der Waals surface area contributed by atoms with Gasteiger partial charge in [0.2, 0.25) is 0 Å². The van der Waals surface area contributed by atoms with Gasteiger partial charge in [0.05, 0.1) is 12.8 Å². The number of para-hydroxylation sites is 2. The van der Waals surface area contributed by atoms with Crippen molar-refractivity contribution in [3.63, 3.8) is 0 Å². The number of piperidine rings is 1. The number of rotatable bonds is 11. The Hall–Kier alpha value is -3.51. The smallest absolute Gasteiger partial charge is 0.406 e. The second-order valence-electron chi connectivity index (χ2n) is 9.61. The van der Waals surface area contributed by atoms with E-state index in [9.17, 15) is 4.79 Å². The van der Waals surface area contributed by atoms with Crippen LogP contribution in [0.25, 0.3) is 0 Å². The van der Waals surface area contributed by atoms with Crippen LogP contribution in [0.3, 0.4) is 0 Å². The maximum atomic E-state index is 11.6. The largest absolute Gasteiger partial charge is 0.483 e. The van der Waals surface area contributed by atoms with Gasteiger partial charge in [-0.3, -0.25) is 0 Å². The molecule has 1 saturated heterocycles. The summed E-state index contributed by atoms with van der Waals surface area (Å²) in [5.41, 5.74) is 3.59. The van der Waals surface area contributed by atoms with Crippen molar-refractivity contribution < 1.29 is 14.3 Å². The molecule has 1 fully saturated rings. The van der Waals surface area contributed by atoms with Crippen LogP contribution in [-0.4, -0.2) is 57.4 Å². The number of hydrogen-bond acceptors (Lipinski definition) is 5. The van der Waals surface area contributed by atoms with Crippen molar-refractivity contribution in [2.45, 2.75) is 37.8 Å². The summed E-state index contributed by atoms with van der Waals surface area (Å²) in [6, 6.07) is 29.7. The number of benzene rings is 3. The molecule has 3 aromatic rings. The summed E-state index contributed by atoms with van der Waals surface area (Å²) < 4.78 is 11.3. The molecule has 0 aliphatic carbocycles. The number of alkyl carbamates (subject to hydrolysis) is 1. The molecule has 6 heteroatoms. The van der Waals surface area contributed by atoms with Gasteiger partial charge in [-0.05, 0) is 42.5 Å². The van der Waals surface area contributed by atoms with Gasteiger partial charge in [0.15, 0.2) is 0 Å². The van der Waals surface area contributed by atoms with Gasteiger partial charge in [-0.2, -0.15) is 0 Å². The van der Waals surface area contributed by atoms with Gasteiger partial charge >= 0.3 is 6.09 Å². The number of ether oxygens (including phenoxy) is 2. The average Bonchev–Trinajstić information content (AvgIpc) is 2.96. The third-order valence-electron chi connectivity index (χ3n) is 7.21. The molecular weight excluding hydrogens is 462 g/mol. The quantitative estimate of drug-likeness (QED) is 0.366. The van der Waals surface area contributed by atoms with E-state index < -0.39 is 6.09 Å². The topological polar surface area (TPSA) is 54.0 Å². The van der Waals surface area contributed by atoms with Gasteiger partial charge in [0, 0.05) is 45.7 Å². The Bertz CT molecular complexity index is 1090. The number of carbonyl (C=O) groups is 1. The number of nitrogens with one attached hydrogen (secondary N) is 1. The van der Waals surface area contributed by atoms with E-state index in [4.69, 9.17) is 9.47 Å². The fraction of sp³-hybridized carbons (Fsp3) is 0.387. The molecule has 196 valence electrons. The lowest BCUT2D eigenvalue weighted by Crippen LogP contribution is -2.44. The number of nitrogens with zero attached hydrogens (tertiary/aromatic N) is 2. The highest BCUT2D eigenvalue weighted by molar-refractivity contribution is 5.66. The third kappa shape index (κ3) is 7.73. The third-order valence-corrected chi connectivity index (χ3v) is 7.21. The van der Waals surface area contributed by atoms with Crippen molar-refractivity contribution in [3.8, 4) is 5.75 Å². The van der Waals surface area contributed by atoms with Crippen LogP contribution in [0.1, 0.15) is 36.5 Å². The molecule has 0 spiro atoms. The Morgan fingerprint density at radius 3 is 2.32 bits per heavy atom. The summed E-state index contributed by atoms with van der Waals surface area (Å²) in [5, 5.41) is 2.78. The van der Waals surface area contributed by atoms with Crippen LogP contribution in [0.15, 0.2) is 84.9 Å². The molecular formula is C31H39N3O3. The van der Waals surface area contributed by atoms with E-state index in [2.05, 4.69) is 76.8 Å². The van der Waals surface area contributed by atoms with Crippen LogP contribution < -0.4 is 15.0 Å². The lowest BCUT2D eigenvalue weighted by molar-refractivity contribution is 0.164. The summed E-state index contributed by atoms with van der Waals surface area (Å²) >= 11 is 0. The van der Waals surface area contributed by atoms with Gasteiger partial charge in [0.25, 0.3) is 0 Å². The number of hydrogen-bond donors (Lipinski definition) is 1. The summed E-state index contributed by atoms with van der Waals surface area (Å²) in [6.07, 6.45) is 3.38. The summed E-state index contributed by atoms with van der Waals surface area (Å²) in [5.74, 6) is 0.864. The predicted molar refractivity (Wildman–Crippen MR) is 149 cm³/mol. The zero-order valence-corrected chi connectivity index (χ0v) is 22.0. The van der Waals surface area contributed by atoms with Crippen molar-refractivity contribution in [3.05, 3.63) is 96.1 Å². The van der Waals surface area contributed by atoms with Gasteiger partial charge < -0.3 is 24.6 Å². The molecule has 4 rings (SSSR count). The first-order valence-electron chi connectivity index (χ1n) is 13.3. The van der Waals surface area contributed by atoms with Gasteiger partial charge in [-0.15, -0.1) is 0 Å². The maximum Gasteiger partial charge on any atom is 0.406 e. The lowest BCUT2D eigenvalue weighted by Gasteiger charge is -2.38. The Morgan fingerprint density at radius 2 is 1.62 bits per heavy atom. The normalized spacial score (nSPS) is 15.1. The van der Waals surface area contributed by atoms with E-state index in [-0.39, 0.29) is 6.10 Å². The minimum Gasteiger partial charge on any atom is -0.483 e. The molecule has 37 heavy (non-hydrogen) atoms. The van der Waals surface area contributed by atoms with E-state index in [1.807, 2.05) is 30.3 Å². The van der Waals surface area contributed by atoms with Crippen molar-refractivity contribution in [1.29, 1.82) is 0 Å². The van der Waals surface area contributed by atoms with Gasteiger partial charge in [0.1, 0.15) is 11.9 Å². The zero-order valence-electron chi connectivity index (χ0n) is 22.0. The number of anilines is 1. The van der Waals surface area contributed by atoms with Gasteiger partial charge in [-0.1, -0.05) is 72.8 Å². The summed E-state index contributed by atoms with van der Waals surface area (Å²) in [4.78, 5) is 16.5. The molecule has 1 aliphatic rings. The van der Waals surface area contributed by atoms with E-state index in [0.29, 0.717) is 19.0 Å². The van der Waals surface area contributed by atoms with Crippen LogP contribution in [0.2, 0.25) is 0 Å². The van der Waals surface area contributed by atoms with E-state index in [1.54, 1.807) is 0 Å². The minimum absolute atomic E-state index is 0.187. The molecule has 1 heterocycles. The summed E-state index contributed by atoms with van der Waals surface area (Å²) in [6.45, 7) is 3.79. The first-order valence-corrected chi connectivity index (χ1v) is 13.3. The van der Waals surface area contributed by atoms with Crippen molar-refractivity contribution >= 4 is 11.8 Å². The molecule has 0 saturated carbocycles. The first kappa shape index (κ1) is 26.6. The standard InChI is InChI=1S/C31H39N3O3/c1-33(27-19-23-34(24-20-27)22-18-25-11-5-3-6-12-25)28-15-9-10-16-30(28)37-29(17-21-32-31(35)36-2)26-13-7-4-8-14-26/h3-16,27,29H,17-24H2,1-2H3,(H,32,35). The van der Waals surface area contributed by atoms with Crippen molar-refractivity contribution in [1.82, 2.24) is 10.2 Å². The highest BCUT2D eigenvalue weighted by Crippen LogP contribution is 2.35. The van der Waals surface area contributed by atoms with Crippen molar-refractivity contribution in [2.24, 2.45) is 0 Å². The SMILES string of the molecule is COC(=O)NCCC(Oc1ccccc1N(C)C1CCN(CCc2ccccc2)CC1)c1ccccc1. The second kappa shape index (κ2) is 13.7. The van der Waals surface area contributed by atoms with Crippen LogP contribution in [-0.2, 0) is 11.2 Å². The highest BCUT2D eigenvalue weighted by Gasteiger charge is 2.25. The Labute approximate surface area is 221 Å². The molecule has 1 unspecified atom stereocenters. The molecule has 1 amide bonds. The Balaban J connectivity index is 1.38. The van der Waals surface area contributed by atoms with Crippen molar-refractivity contribution in [2.75, 3.05) is 45.2 Å². The lowest BCUT2D eigenvalue weighted by atomic mass is 10.0. The number of methoxy groups -OCH3 is 1. The van der Waals surface area contributed by atoms with E-state index in [1.165, 1.54) is 12.7 Å². The molecule has 1 atom stereocenters. The van der Waals surface area contributed by atoms with Crippen LogP contribution in [0, 0.1) is 0 Å². The maximum absolute atomic E-state index is 11.6. The first-order chi connectivity index (χ1) is 18.1. The molecule has 0 bridgehead atoms.